The van der Waals surface area contributed by atoms with E-state index in [1.807, 2.05) is 26.0 Å². The molecule has 166 valence electrons. The molecule has 2 aliphatic carbocycles. The molecule has 1 fully saturated rings. The lowest BCUT2D eigenvalue weighted by atomic mass is 9.49. The fourth-order valence-electron chi connectivity index (χ4n) is 6.91. The summed E-state index contributed by atoms with van der Waals surface area (Å²) in [6.45, 7) is 7.02. The topological polar surface area (TPSA) is 63.6 Å². The lowest BCUT2D eigenvalue weighted by Crippen LogP contribution is -2.74. The number of rotatable bonds is 1. The second-order valence-corrected chi connectivity index (χ2v) is 9.28. The van der Waals surface area contributed by atoms with Crippen molar-refractivity contribution in [2.24, 2.45) is 0 Å². The van der Waals surface area contributed by atoms with Crippen LogP contribution in [0.1, 0.15) is 54.3 Å². The van der Waals surface area contributed by atoms with Crippen molar-refractivity contribution >= 4 is 10.9 Å². The number of aliphatic hydroxyl groups is 1. The first-order valence-electron chi connectivity index (χ1n) is 11.8. The predicted octanol–water partition coefficient (Wildman–Crippen LogP) is 4.15. The van der Waals surface area contributed by atoms with Gasteiger partial charge in [-0.3, -0.25) is 0 Å². The van der Waals surface area contributed by atoms with Gasteiger partial charge in [0.05, 0.1) is 29.3 Å². The summed E-state index contributed by atoms with van der Waals surface area (Å²) in [6.07, 6.45) is 1.92. The van der Waals surface area contributed by atoms with E-state index in [-0.39, 0.29) is 12.1 Å². The van der Waals surface area contributed by atoms with Gasteiger partial charge in [-0.15, -0.1) is 0 Å². The Morgan fingerprint density at radius 1 is 1.19 bits per heavy atom. The summed E-state index contributed by atoms with van der Waals surface area (Å²) in [5.41, 5.74) is 5.33. The van der Waals surface area contributed by atoms with E-state index >= 15 is 0 Å². The van der Waals surface area contributed by atoms with Crippen LogP contribution >= 0.6 is 0 Å². The maximum Gasteiger partial charge on any atom is 0.166 e. The Bertz CT molecular complexity index is 1260. The van der Waals surface area contributed by atoms with E-state index in [1.54, 1.807) is 7.11 Å². The maximum absolute atomic E-state index is 12.4. The van der Waals surface area contributed by atoms with Crippen LogP contribution in [-0.4, -0.2) is 35.4 Å². The molecule has 32 heavy (non-hydrogen) atoms. The Balaban J connectivity index is 0.000000953. The molecule has 7 rings (SSSR count). The van der Waals surface area contributed by atoms with Gasteiger partial charge in [-0.1, -0.05) is 38.1 Å². The van der Waals surface area contributed by atoms with E-state index in [9.17, 15) is 5.11 Å². The molecule has 0 amide bonds. The molecule has 0 saturated carbocycles. The van der Waals surface area contributed by atoms with Gasteiger partial charge in [0.1, 0.15) is 0 Å². The molecule has 2 aliphatic heterocycles. The van der Waals surface area contributed by atoms with E-state index in [4.69, 9.17) is 14.5 Å². The average molecular weight is 431 g/mol. The maximum atomic E-state index is 12.4. The number of aromatic nitrogens is 1. The number of hydrogen-bond donors (Lipinski definition) is 2. The second kappa shape index (κ2) is 6.69. The van der Waals surface area contributed by atoms with Gasteiger partial charge in [-0.05, 0) is 55.1 Å². The smallest absolute Gasteiger partial charge is 0.166 e. The first-order chi connectivity index (χ1) is 15.6. The Labute approximate surface area is 188 Å². The Morgan fingerprint density at radius 3 is 2.81 bits per heavy atom. The summed E-state index contributed by atoms with van der Waals surface area (Å²) in [5.74, 6) is 1.55. The molecule has 1 aromatic heterocycles. The third kappa shape index (κ3) is 2.14. The zero-order valence-corrected chi connectivity index (χ0v) is 19.2. The number of pyridine rings is 1. The normalized spacial score (nSPS) is 30.5. The predicted molar refractivity (Wildman–Crippen MR) is 125 cm³/mol. The van der Waals surface area contributed by atoms with Crippen molar-refractivity contribution in [1.82, 2.24) is 10.3 Å². The first kappa shape index (κ1) is 20.0. The third-order valence-corrected chi connectivity index (χ3v) is 8.25. The highest BCUT2D eigenvalue weighted by atomic mass is 16.5. The highest BCUT2D eigenvalue weighted by Crippen LogP contribution is 2.67. The number of benzene rings is 2. The molecular weight excluding hydrogens is 400 g/mol. The zero-order chi connectivity index (χ0) is 22.3. The summed E-state index contributed by atoms with van der Waals surface area (Å²) < 4.78 is 12.4. The SMILES string of the molecule is CC.COc1ccc2c3c1OC1c4nc5ccccc5c(C)c4CC4(O)[C@@H](C2)NCC[C@]314. The summed E-state index contributed by atoms with van der Waals surface area (Å²) >= 11 is 0. The van der Waals surface area contributed by atoms with E-state index in [1.165, 1.54) is 11.1 Å². The van der Waals surface area contributed by atoms with Gasteiger partial charge in [0.15, 0.2) is 17.6 Å². The molecule has 2 unspecified atom stereocenters. The van der Waals surface area contributed by atoms with Gasteiger partial charge in [-0.2, -0.15) is 0 Å². The van der Waals surface area contributed by atoms with Crippen LogP contribution in [0.2, 0.25) is 0 Å². The van der Waals surface area contributed by atoms with E-state index < -0.39 is 11.0 Å². The molecule has 4 atom stereocenters. The zero-order valence-electron chi connectivity index (χ0n) is 19.2. The minimum absolute atomic E-state index is 0.00298. The van der Waals surface area contributed by atoms with Crippen molar-refractivity contribution in [2.75, 3.05) is 13.7 Å². The largest absolute Gasteiger partial charge is 0.493 e. The van der Waals surface area contributed by atoms with E-state index in [0.717, 1.165) is 58.6 Å². The minimum Gasteiger partial charge on any atom is -0.493 e. The lowest BCUT2D eigenvalue weighted by molar-refractivity contribution is -0.134. The Morgan fingerprint density at radius 2 is 2.00 bits per heavy atom. The van der Waals surface area contributed by atoms with Gasteiger partial charge in [0, 0.05) is 23.4 Å². The van der Waals surface area contributed by atoms with Crippen LogP contribution in [0.4, 0.5) is 0 Å². The van der Waals surface area contributed by atoms with E-state index in [2.05, 4.69) is 36.5 Å². The molecule has 4 aliphatic rings. The highest BCUT2D eigenvalue weighted by Gasteiger charge is 2.71. The Hall–Kier alpha value is -2.63. The van der Waals surface area contributed by atoms with Crippen molar-refractivity contribution in [2.45, 2.75) is 63.2 Å². The van der Waals surface area contributed by atoms with Crippen LogP contribution < -0.4 is 14.8 Å². The third-order valence-electron chi connectivity index (χ3n) is 8.25. The number of ether oxygens (including phenoxy) is 2. The van der Waals surface area contributed by atoms with Crippen molar-refractivity contribution in [3.8, 4) is 11.5 Å². The number of fused-ring (bicyclic) bond motifs is 3. The summed E-state index contributed by atoms with van der Waals surface area (Å²) in [4.78, 5) is 5.12. The molecule has 1 spiro atoms. The quantitative estimate of drug-likeness (QED) is 0.607. The average Bonchev–Trinajstić information content (AvgIpc) is 3.16. The number of methoxy groups -OCH3 is 1. The van der Waals surface area contributed by atoms with Gasteiger partial charge in [-0.25, -0.2) is 4.98 Å². The molecule has 3 heterocycles. The molecule has 5 heteroatoms. The number of para-hydroxylation sites is 1. The highest BCUT2D eigenvalue weighted by molar-refractivity contribution is 5.84. The Kier molecular flexibility index (Phi) is 4.18. The molecular formula is C27H30N2O3. The van der Waals surface area contributed by atoms with Crippen LogP contribution in [0.3, 0.4) is 0 Å². The van der Waals surface area contributed by atoms with Crippen molar-refractivity contribution in [3.63, 3.8) is 0 Å². The monoisotopic (exact) mass is 430 g/mol. The number of hydrogen-bond acceptors (Lipinski definition) is 5. The van der Waals surface area contributed by atoms with Crippen molar-refractivity contribution in [3.05, 3.63) is 64.3 Å². The summed E-state index contributed by atoms with van der Waals surface area (Å²) in [6, 6.07) is 12.4. The summed E-state index contributed by atoms with van der Waals surface area (Å²) in [5, 5.41) is 17.2. The van der Waals surface area contributed by atoms with Gasteiger partial charge < -0.3 is 19.9 Å². The van der Waals surface area contributed by atoms with Crippen LogP contribution in [0, 0.1) is 6.92 Å². The number of piperidine rings is 1. The molecule has 5 nitrogen and oxygen atoms in total. The molecule has 3 aromatic rings. The van der Waals surface area contributed by atoms with Gasteiger partial charge in [0.2, 0.25) is 0 Å². The molecule has 2 N–H and O–H groups in total. The molecule has 1 saturated heterocycles. The fourth-order valence-corrected chi connectivity index (χ4v) is 6.91. The number of nitrogens with one attached hydrogen (secondary N) is 1. The fraction of sp³-hybridized carbons (Fsp3) is 0.444. The van der Waals surface area contributed by atoms with Crippen molar-refractivity contribution in [1.29, 1.82) is 0 Å². The molecule has 2 aromatic carbocycles. The number of aryl methyl sites for hydroxylation is 1. The van der Waals surface area contributed by atoms with Crippen LogP contribution in [0.5, 0.6) is 11.5 Å². The lowest BCUT2D eigenvalue weighted by Gasteiger charge is -2.60. The minimum atomic E-state index is -0.914. The summed E-state index contributed by atoms with van der Waals surface area (Å²) in [7, 11) is 1.69. The van der Waals surface area contributed by atoms with Gasteiger partial charge in [0.25, 0.3) is 0 Å². The van der Waals surface area contributed by atoms with Crippen LogP contribution in [0.25, 0.3) is 10.9 Å². The standard InChI is InChI=1S/C25H24N2O3.C2H6/c1-13-15-5-3-4-6-17(15)27-21-16(13)12-25(28)19-11-14-7-8-18(29-2)22-20(14)24(25,9-10-26-19)23(21)30-22;1-2/h3-8,19,23,26,28H,9-12H2,1-2H3;1-2H3/t19-,23?,24+,25?;/m1./s1. The second-order valence-electron chi connectivity index (χ2n) is 9.28. The van der Waals surface area contributed by atoms with Crippen LogP contribution in [0.15, 0.2) is 36.4 Å². The van der Waals surface area contributed by atoms with Crippen molar-refractivity contribution < 1.29 is 14.6 Å². The molecule has 0 radical (unpaired) electrons. The van der Waals surface area contributed by atoms with E-state index in [0.29, 0.717) is 6.42 Å². The first-order valence-corrected chi connectivity index (χ1v) is 11.8. The van der Waals surface area contributed by atoms with Gasteiger partial charge >= 0.3 is 0 Å². The van der Waals surface area contributed by atoms with Crippen LogP contribution in [-0.2, 0) is 18.3 Å². The number of nitrogens with zero attached hydrogens (tertiary/aromatic N) is 1. The molecule has 2 bridgehead atoms.